The Morgan fingerprint density at radius 3 is 2.42 bits per heavy atom. The number of phenolic OH excluding ortho intramolecular Hbond substituents is 2. The standard InChI is InChI=1S/C15H20O4/c1-7(2)15(19)10-5-9(4)13(17)14(18)12(10)8(3)6-11(15)16/h5,7-8,17-19H,6H2,1-4H3/t8-,15+/m0/s1. The highest BCUT2D eigenvalue weighted by Crippen LogP contribution is 2.49. The minimum Gasteiger partial charge on any atom is -0.504 e. The van der Waals surface area contributed by atoms with Gasteiger partial charge in [-0.3, -0.25) is 4.79 Å². The summed E-state index contributed by atoms with van der Waals surface area (Å²) in [5.41, 5.74) is -0.215. The van der Waals surface area contributed by atoms with Crippen LogP contribution >= 0.6 is 0 Å². The van der Waals surface area contributed by atoms with Crippen LogP contribution in [0, 0.1) is 12.8 Å². The lowest BCUT2D eigenvalue weighted by atomic mass is 9.68. The van der Waals surface area contributed by atoms with Gasteiger partial charge in [-0.1, -0.05) is 20.8 Å². The summed E-state index contributed by atoms with van der Waals surface area (Å²) in [5.74, 6) is -1.13. The van der Waals surface area contributed by atoms with Gasteiger partial charge in [-0.2, -0.15) is 0 Å². The molecule has 1 aromatic carbocycles. The van der Waals surface area contributed by atoms with Crippen LogP contribution in [0.1, 0.15) is 49.8 Å². The molecule has 1 aliphatic rings. The van der Waals surface area contributed by atoms with E-state index in [0.29, 0.717) is 16.7 Å². The molecule has 0 unspecified atom stereocenters. The number of carbonyl (C=O) groups excluding carboxylic acids is 1. The predicted octanol–water partition coefficient (Wildman–Crippen LogP) is 2.33. The molecule has 0 aliphatic heterocycles. The molecule has 0 spiro atoms. The van der Waals surface area contributed by atoms with Crippen molar-refractivity contribution < 1.29 is 20.1 Å². The van der Waals surface area contributed by atoms with E-state index in [0.717, 1.165) is 0 Å². The van der Waals surface area contributed by atoms with Crippen LogP contribution in [-0.4, -0.2) is 21.1 Å². The fourth-order valence-electron chi connectivity index (χ4n) is 2.94. The number of fused-ring (bicyclic) bond motifs is 1. The van der Waals surface area contributed by atoms with E-state index in [2.05, 4.69) is 0 Å². The number of aromatic hydroxyl groups is 2. The van der Waals surface area contributed by atoms with Crippen LogP contribution < -0.4 is 0 Å². The Morgan fingerprint density at radius 2 is 1.89 bits per heavy atom. The maximum absolute atomic E-state index is 12.2. The van der Waals surface area contributed by atoms with Gasteiger partial charge in [0, 0.05) is 12.0 Å². The van der Waals surface area contributed by atoms with Gasteiger partial charge in [0.2, 0.25) is 0 Å². The van der Waals surface area contributed by atoms with E-state index in [1.54, 1.807) is 26.8 Å². The molecule has 19 heavy (non-hydrogen) atoms. The average Bonchev–Trinajstić information content (AvgIpc) is 2.32. The number of hydrogen-bond donors (Lipinski definition) is 3. The van der Waals surface area contributed by atoms with Gasteiger partial charge in [0.05, 0.1) is 0 Å². The molecule has 0 saturated heterocycles. The van der Waals surface area contributed by atoms with Crippen LogP contribution in [0.25, 0.3) is 0 Å². The molecule has 3 N–H and O–H groups in total. The topological polar surface area (TPSA) is 77.8 Å². The van der Waals surface area contributed by atoms with E-state index in [-0.39, 0.29) is 35.5 Å². The van der Waals surface area contributed by atoms with Crippen molar-refractivity contribution in [3.8, 4) is 11.5 Å². The van der Waals surface area contributed by atoms with Gasteiger partial charge in [0.25, 0.3) is 0 Å². The third-order valence-corrected chi connectivity index (χ3v) is 4.16. The van der Waals surface area contributed by atoms with Gasteiger partial charge in [0.1, 0.15) is 0 Å². The van der Waals surface area contributed by atoms with Gasteiger partial charge < -0.3 is 15.3 Å². The third kappa shape index (κ3) is 1.74. The lowest BCUT2D eigenvalue weighted by Crippen LogP contribution is -2.45. The number of phenols is 2. The quantitative estimate of drug-likeness (QED) is 0.680. The molecule has 0 bridgehead atoms. The lowest BCUT2D eigenvalue weighted by Gasteiger charge is -2.39. The molecule has 0 radical (unpaired) electrons. The van der Waals surface area contributed by atoms with E-state index in [1.807, 2.05) is 6.92 Å². The molecule has 4 nitrogen and oxygen atoms in total. The van der Waals surface area contributed by atoms with E-state index >= 15 is 0 Å². The van der Waals surface area contributed by atoms with Crippen molar-refractivity contribution in [1.82, 2.24) is 0 Å². The van der Waals surface area contributed by atoms with Crippen molar-refractivity contribution >= 4 is 5.78 Å². The number of aryl methyl sites for hydroxylation is 1. The van der Waals surface area contributed by atoms with Crippen LogP contribution in [0.2, 0.25) is 0 Å². The van der Waals surface area contributed by atoms with Crippen LogP contribution in [-0.2, 0) is 10.4 Å². The summed E-state index contributed by atoms with van der Waals surface area (Å²) < 4.78 is 0. The van der Waals surface area contributed by atoms with Crippen LogP contribution in [0.5, 0.6) is 11.5 Å². The highest BCUT2D eigenvalue weighted by atomic mass is 16.3. The Kier molecular flexibility index (Phi) is 3.09. The number of hydrogen-bond acceptors (Lipinski definition) is 4. The molecule has 0 fully saturated rings. The monoisotopic (exact) mass is 264 g/mol. The molecule has 0 heterocycles. The van der Waals surface area contributed by atoms with Crippen molar-refractivity contribution in [2.45, 2.75) is 45.6 Å². The average molecular weight is 264 g/mol. The SMILES string of the molecule is Cc1cc2c(c(O)c1O)[C@@H](C)CC(=O)[C@@]2(O)C(C)C. The Labute approximate surface area is 112 Å². The number of carbonyl (C=O) groups is 1. The molecule has 1 aromatic rings. The molecule has 0 aromatic heterocycles. The van der Waals surface area contributed by atoms with E-state index in [9.17, 15) is 20.1 Å². The second-order valence-corrected chi connectivity index (χ2v) is 5.80. The molecule has 2 rings (SSSR count). The molecular formula is C15H20O4. The Bertz CT molecular complexity index is 548. The first-order valence-corrected chi connectivity index (χ1v) is 6.52. The predicted molar refractivity (Wildman–Crippen MR) is 71.3 cm³/mol. The molecule has 4 heteroatoms. The molecule has 0 saturated carbocycles. The number of aliphatic hydroxyl groups is 1. The number of benzene rings is 1. The number of Topliss-reactive ketones (excluding diaryl/α,β-unsaturated/α-hetero) is 1. The van der Waals surface area contributed by atoms with Crippen molar-refractivity contribution in [2.24, 2.45) is 5.92 Å². The second kappa shape index (κ2) is 4.23. The summed E-state index contributed by atoms with van der Waals surface area (Å²) in [4.78, 5) is 12.2. The maximum atomic E-state index is 12.2. The smallest absolute Gasteiger partial charge is 0.169 e. The van der Waals surface area contributed by atoms with Gasteiger partial charge >= 0.3 is 0 Å². The number of rotatable bonds is 1. The summed E-state index contributed by atoms with van der Waals surface area (Å²) in [6.07, 6.45) is 0.164. The third-order valence-electron chi connectivity index (χ3n) is 4.16. The zero-order valence-electron chi connectivity index (χ0n) is 11.7. The van der Waals surface area contributed by atoms with Gasteiger partial charge in [-0.05, 0) is 36.0 Å². The molecular weight excluding hydrogens is 244 g/mol. The van der Waals surface area contributed by atoms with Crippen molar-refractivity contribution in [3.05, 3.63) is 22.8 Å². The Balaban J connectivity index is 2.82. The summed E-state index contributed by atoms with van der Waals surface area (Å²) in [6, 6.07) is 1.61. The van der Waals surface area contributed by atoms with Crippen molar-refractivity contribution in [2.75, 3.05) is 0 Å². The largest absolute Gasteiger partial charge is 0.504 e. The first-order chi connectivity index (χ1) is 8.71. The highest BCUT2D eigenvalue weighted by molar-refractivity contribution is 5.92. The fraction of sp³-hybridized carbons (Fsp3) is 0.533. The van der Waals surface area contributed by atoms with Crippen LogP contribution in [0.15, 0.2) is 6.07 Å². The van der Waals surface area contributed by atoms with E-state index in [4.69, 9.17) is 0 Å². The maximum Gasteiger partial charge on any atom is 0.169 e. The second-order valence-electron chi connectivity index (χ2n) is 5.80. The van der Waals surface area contributed by atoms with Crippen molar-refractivity contribution in [3.63, 3.8) is 0 Å². The minimum atomic E-state index is -1.59. The Hall–Kier alpha value is -1.55. The summed E-state index contributed by atoms with van der Waals surface area (Å²) in [6.45, 7) is 7.00. The molecule has 1 aliphatic carbocycles. The van der Waals surface area contributed by atoms with Crippen LogP contribution in [0.4, 0.5) is 0 Å². The first-order valence-electron chi connectivity index (χ1n) is 6.52. The Morgan fingerprint density at radius 1 is 1.32 bits per heavy atom. The first kappa shape index (κ1) is 13.9. The summed E-state index contributed by atoms with van der Waals surface area (Å²) in [5, 5.41) is 30.7. The summed E-state index contributed by atoms with van der Waals surface area (Å²) in [7, 11) is 0. The molecule has 2 atom stereocenters. The summed E-state index contributed by atoms with van der Waals surface area (Å²) >= 11 is 0. The molecule has 0 amide bonds. The van der Waals surface area contributed by atoms with Crippen LogP contribution in [0.3, 0.4) is 0 Å². The fourth-order valence-corrected chi connectivity index (χ4v) is 2.94. The zero-order valence-corrected chi connectivity index (χ0v) is 11.7. The highest BCUT2D eigenvalue weighted by Gasteiger charge is 2.48. The van der Waals surface area contributed by atoms with Gasteiger partial charge in [-0.15, -0.1) is 0 Å². The zero-order chi connectivity index (χ0) is 14.5. The van der Waals surface area contributed by atoms with E-state index < -0.39 is 5.60 Å². The minimum absolute atomic E-state index is 0.164. The number of ketones is 1. The molecule has 104 valence electrons. The van der Waals surface area contributed by atoms with Gasteiger partial charge in [0.15, 0.2) is 22.9 Å². The van der Waals surface area contributed by atoms with Gasteiger partial charge in [-0.25, -0.2) is 0 Å². The van der Waals surface area contributed by atoms with E-state index in [1.165, 1.54) is 0 Å². The lowest BCUT2D eigenvalue weighted by molar-refractivity contribution is -0.145. The van der Waals surface area contributed by atoms with Crippen molar-refractivity contribution in [1.29, 1.82) is 0 Å². The normalized spacial score (nSPS) is 26.6.